The van der Waals surface area contributed by atoms with E-state index in [1.54, 1.807) is 31.2 Å². The van der Waals surface area contributed by atoms with Crippen molar-refractivity contribution in [2.45, 2.75) is 25.9 Å². The number of halogens is 2. The fourth-order valence-corrected chi connectivity index (χ4v) is 2.49. The van der Waals surface area contributed by atoms with E-state index < -0.39 is 6.04 Å². The maximum Gasteiger partial charge on any atom is 0.251 e. The lowest BCUT2D eigenvalue weighted by atomic mass is 10.1. The molecule has 1 unspecified atom stereocenters. The minimum atomic E-state index is -0.547. The molecule has 0 bridgehead atoms. The smallest absolute Gasteiger partial charge is 0.251 e. The molecule has 22 heavy (non-hydrogen) atoms. The van der Waals surface area contributed by atoms with Crippen LogP contribution in [0.2, 0.25) is 5.02 Å². The van der Waals surface area contributed by atoms with E-state index in [9.17, 15) is 9.59 Å². The van der Waals surface area contributed by atoms with E-state index in [4.69, 9.17) is 11.6 Å². The molecule has 2 atom stereocenters. The molecule has 1 aliphatic heterocycles. The average Bonchev–Trinajstić information content (AvgIpc) is 2.47. The summed E-state index contributed by atoms with van der Waals surface area (Å²) in [6, 6.07) is 6.18. The normalized spacial score (nSPS) is 19.0. The summed E-state index contributed by atoms with van der Waals surface area (Å²) in [4.78, 5) is 26.3. The van der Waals surface area contributed by atoms with Gasteiger partial charge in [0, 0.05) is 36.3 Å². The summed E-state index contributed by atoms with van der Waals surface area (Å²) in [6.45, 7) is 5.95. The molecular weight excluding hydrogens is 325 g/mol. The Balaban J connectivity index is 0.00000242. The number of amides is 2. The first-order valence-corrected chi connectivity index (χ1v) is 7.44. The molecule has 0 radical (unpaired) electrons. The standard InChI is InChI=1S/C15H20ClN3O2.ClH/c1-10-9-17-7-8-19(10)15(21)11(2)18-14(20)12-3-5-13(16)6-4-12;/h3-6,10-11,17H,7-9H2,1-2H3,(H,18,20);1H/t10-,11?;/m1./s1. The third-order valence-electron chi connectivity index (χ3n) is 3.61. The third-order valence-corrected chi connectivity index (χ3v) is 3.86. The highest BCUT2D eigenvalue weighted by atomic mass is 35.5. The van der Waals surface area contributed by atoms with E-state index >= 15 is 0 Å². The maximum absolute atomic E-state index is 12.4. The number of hydrogen-bond acceptors (Lipinski definition) is 3. The Hall–Kier alpha value is -1.30. The number of benzene rings is 1. The Labute approximate surface area is 141 Å². The first-order valence-electron chi connectivity index (χ1n) is 7.06. The lowest BCUT2D eigenvalue weighted by Gasteiger charge is -2.35. The zero-order chi connectivity index (χ0) is 15.4. The van der Waals surface area contributed by atoms with Crippen LogP contribution in [-0.4, -0.2) is 48.4 Å². The van der Waals surface area contributed by atoms with Crippen LogP contribution in [0.3, 0.4) is 0 Å². The first-order chi connectivity index (χ1) is 9.99. The molecule has 0 aromatic heterocycles. The fourth-order valence-electron chi connectivity index (χ4n) is 2.36. The molecule has 1 heterocycles. The van der Waals surface area contributed by atoms with Gasteiger partial charge in [-0.05, 0) is 38.1 Å². The number of carbonyl (C=O) groups is 2. The minimum Gasteiger partial charge on any atom is -0.341 e. The van der Waals surface area contributed by atoms with Crippen LogP contribution in [0, 0.1) is 0 Å². The number of nitrogens with zero attached hydrogens (tertiary/aromatic N) is 1. The molecule has 1 aromatic carbocycles. The van der Waals surface area contributed by atoms with Gasteiger partial charge in [-0.2, -0.15) is 0 Å². The Morgan fingerprint density at radius 3 is 2.59 bits per heavy atom. The highest BCUT2D eigenvalue weighted by Gasteiger charge is 2.27. The van der Waals surface area contributed by atoms with Gasteiger partial charge in [-0.1, -0.05) is 11.6 Å². The summed E-state index contributed by atoms with van der Waals surface area (Å²) >= 11 is 5.79. The van der Waals surface area contributed by atoms with Crippen molar-refractivity contribution in [2.75, 3.05) is 19.6 Å². The highest BCUT2D eigenvalue weighted by molar-refractivity contribution is 6.30. The Kier molecular flexibility index (Phi) is 7.13. The summed E-state index contributed by atoms with van der Waals surface area (Å²) in [7, 11) is 0. The molecule has 1 fully saturated rings. The number of rotatable bonds is 3. The molecular formula is C15H21Cl2N3O2. The van der Waals surface area contributed by atoms with Crippen LogP contribution in [0.5, 0.6) is 0 Å². The second-order valence-electron chi connectivity index (χ2n) is 5.29. The quantitative estimate of drug-likeness (QED) is 0.876. The predicted octanol–water partition coefficient (Wildman–Crippen LogP) is 1.70. The molecule has 0 saturated carbocycles. The largest absolute Gasteiger partial charge is 0.341 e. The van der Waals surface area contributed by atoms with E-state index in [-0.39, 0.29) is 30.3 Å². The summed E-state index contributed by atoms with van der Waals surface area (Å²) < 4.78 is 0. The van der Waals surface area contributed by atoms with Gasteiger partial charge in [0.15, 0.2) is 0 Å². The molecule has 0 aliphatic carbocycles. The van der Waals surface area contributed by atoms with Gasteiger partial charge in [-0.3, -0.25) is 9.59 Å². The van der Waals surface area contributed by atoms with Crippen molar-refractivity contribution in [3.63, 3.8) is 0 Å². The topological polar surface area (TPSA) is 61.4 Å². The average molecular weight is 346 g/mol. The van der Waals surface area contributed by atoms with Gasteiger partial charge in [0.2, 0.25) is 5.91 Å². The monoisotopic (exact) mass is 345 g/mol. The van der Waals surface area contributed by atoms with Crippen LogP contribution < -0.4 is 10.6 Å². The van der Waals surface area contributed by atoms with Gasteiger partial charge in [-0.25, -0.2) is 0 Å². The molecule has 7 heteroatoms. The van der Waals surface area contributed by atoms with Crippen LogP contribution in [0.4, 0.5) is 0 Å². The van der Waals surface area contributed by atoms with Crippen LogP contribution in [0.25, 0.3) is 0 Å². The molecule has 1 aliphatic rings. The van der Waals surface area contributed by atoms with E-state index in [2.05, 4.69) is 10.6 Å². The Bertz CT molecular complexity index is 522. The van der Waals surface area contributed by atoms with Crippen molar-refractivity contribution in [3.8, 4) is 0 Å². The van der Waals surface area contributed by atoms with Gasteiger partial charge < -0.3 is 15.5 Å². The zero-order valence-corrected chi connectivity index (χ0v) is 14.2. The van der Waals surface area contributed by atoms with E-state index in [1.807, 2.05) is 11.8 Å². The second kappa shape index (κ2) is 8.36. The lowest BCUT2D eigenvalue weighted by molar-refractivity contribution is -0.135. The third kappa shape index (κ3) is 4.60. The minimum absolute atomic E-state index is 0. The number of hydrogen-bond donors (Lipinski definition) is 2. The van der Waals surface area contributed by atoms with Crippen molar-refractivity contribution in [1.82, 2.24) is 15.5 Å². The summed E-state index contributed by atoms with van der Waals surface area (Å²) in [5.74, 6) is -0.318. The Morgan fingerprint density at radius 1 is 1.36 bits per heavy atom. The fraction of sp³-hybridized carbons (Fsp3) is 0.467. The molecule has 2 amide bonds. The summed E-state index contributed by atoms with van der Waals surface area (Å²) in [6.07, 6.45) is 0. The van der Waals surface area contributed by atoms with E-state index in [0.717, 1.165) is 13.1 Å². The first kappa shape index (κ1) is 18.7. The van der Waals surface area contributed by atoms with Crippen molar-refractivity contribution >= 4 is 35.8 Å². The lowest BCUT2D eigenvalue weighted by Crippen LogP contribution is -2.57. The Morgan fingerprint density at radius 2 is 2.00 bits per heavy atom. The highest BCUT2D eigenvalue weighted by Crippen LogP contribution is 2.10. The SMILES string of the molecule is CC(NC(=O)c1ccc(Cl)cc1)C(=O)N1CCNC[C@H]1C.Cl. The van der Waals surface area contributed by atoms with Crippen LogP contribution in [0.1, 0.15) is 24.2 Å². The number of carbonyl (C=O) groups excluding carboxylic acids is 2. The molecule has 2 rings (SSSR count). The second-order valence-corrected chi connectivity index (χ2v) is 5.72. The van der Waals surface area contributed by atoms with Gasteiger partial charge in [0.25, 0.3) is 5.91 Å². The van der Waals surface area contributed by atoms with Crippen molar-refractivity contribution in [2.24, 2.45) is 0 Å². The van der Waals surface area contributed by atoms with Crippen LogP contribution >= 0.6 is 24.0 Å². The van der Waals surface area contributed by atoms with Gasteiger partial charge in [0.1, 0.15) is 6.04 Å². The van der Waals surface area contributed by atoms with Crippen molar-refractivity contribution in [3.05, 3.63) is 34.9 Å². The summed E-state index contributed by atoms with van der Waals surface area (Å²) in [5, 5.41) is 6.55. The molecule has 2 N–H and O–H groups in total. The molecule has 5 nitrogen and oxygen atoms in total. The summed E-state index contributed by atoms with van der Waals surface area (Å²) in [5.41, 5.74) is 0.493. The molecule has 122 valence electrons. The number of nitrogens with one attached hydrogen (secondary N) is 2. The number of piperazine rings is 1. The maximum atomic E-state index is 12.4. The van der Waals surface area contributed by atoms with Crippen molar-refractivity contribution < 1.29 is 9.59 Å². The van der Waals surface area contributed by atoms with E-state index in [0.29, 0.717) is 17.1 Å². The zero-order valence-electron chi connectivity index (χ0n) is 12.6. The molecule has 0 spiro atoms. The van der Waals surface area contributed by atoms with Gasteiger partial charge in [-0.15, -0.1) is 12.4 Å². The van der Waals surface area contributed by atoms with Crippen LogP contribution in [0.15, 0.2) is 24.3 Å². The van der Waals surface area contributed by atoms with E-state index in [1.165, 1.54) is 0 Å². The predicted molar refractivity (Wildman–Crippen MR) is 89.7 cm³/mol. The van der Waals surface area contributed by atoms with Crippen molar-refractivity contribution in [1.29, 1.82) is 0 Å². The molecule has 1 aromatic rings. The van der Waals surface area contributed by atoms with Crippen LogP contribution in [-0.2, 0) is 4.79 Å². The van der Waals surface area contributed by atoms with Gasteiger partial charge in [0.05, 0.1) is 0 Å². The van der Waals surface area contributed by atoms with Gasteiger partial charge >= 0.3 is 0 Å². The molecule has 1 saturated heterocycles.